The smallest absolute Gasteiger partial charge is 0.248 e. The molecular weight excluding hydrogens is 264 g/mol. The Morgan fingerprint density at radius 2 is 1.90 bits per heavy atom. The predicted molar refractivity (Wildman–Crippen MR) is 84.6 cm³/mol. The molecule has 0 atom stereocenters. The second-order valence-corrected chi connectivity index (χ2v) is 4.55. The number of benzene rings is 2. The van der Waals surface area contributed by atoms with Crippen molar-refractivity contribution < 1.29 is 4.74 Å². The largest absolute Gasteiger partial charge is 0.436 e. The van der Waals surface area contributed by atoms with Gasteiger partial charge in [0.1, 0.15) is 17.8 Å². The summed E-state index contributed by atoms with van der Waals surface area (Å²) in [7, 11) is 0. The summed E-state index contributed by atoms with van der Waals surface area (Å²) in [6.45, 7) is 2.71. The highest BCUT2D eigenvalue weighted by atomic mass is 16.5. The SMILES string of the molecule is CCNc1ncnc(Oc2cccc3ccccc23)c1N. The van der Waals surface area contributed by atoms with Gasteiger partial charge < -0.3 is 15.8 Å². The summed E-state index contributed by atoms with van der Waals surface area (Å²) in [6.07, 6.45) is 1.44. The van der Waals surface area contributed by atoms with Crippen LogP contribution in [0.2, 0.25) is 0 Å². The molecule has 0 fully saturated rings. The van der Waals surface area contributed by atoms with E-state index in [4.69, 9.17) is 10.5 Å². The Morgan fingerprint density at radius 3 is 2.76 bits per heavy atom. The molecule has 0 radical (unpaired) electrons. The Balaban J connectivity index is 2.01. The third kappa shape index (κ3) is 2.58. The molecule has 5 heteroatoms. The lowest BCUT2D eigenvalue weighted by atomic mass is 10.1. The first-order valence-electron chi connectivity index (χ1n) is 6.79. The van der Waals surface area contributed by atoms with Crippen LogP contribution in [0, 0.1) is 0 Å². The van der Waals surface area contributed by atoms with Gasteiger partial charge in [-0.2, -0.15) is 4.98 Å². The number of hydrogen-bond acceptors (Lipinski definition) is 5. The van der Waals surface area contributed by atoms with Crippen LogP contribution >= 0.6 is 0 Å². The third-order valence-electron chi connectivity index (χ3n) is 3.15. The average Bonchev–Trinajstić information content (AvgIpc) is 2.52. The molecule has 1 heterocycles. The predicted octanol–water partition coefficient (Wildman–Crippen LogP) is 3.44. The highest BCUT2D eigenvalue weighted by Gasteiger charge is 2.11. The van der Waals surface area contributed by atoms with Gasteiger partial charge in [0.25, 0.3) is 0 Å². The summed E-state index contributed by atoms with van der Waals surface area (Å²) in [5, 5.41) is 5.21. The third-order valence-corrected chi connectivity index (χ3v) is 3.15. The summed E-state index contributed by atoms with van der Waals surface area (Å²) in [4.78, 5) is 8.23. The first kappa shape index (κ1) is 13.2. The summed E-state index contributed by atoms with van der Waals surface area (Å²) < 4.78 is 5.89. The van der Waals surface area contributed by atoms with Crippen LogP contribution in [0.1, 0.15) is 6.92 Å². The van der Waals surface area contributed by atoms with E-state index in [0.29, 0.717) is 17.4 Å². The van der Waals surface area contributed by atoms with Gasteiger partial charge in [-0.3, -0.25) is 0 Å². The van der Waals surface area contributed by atoms with Crippen LogP contribution in [-0.4, -0.2) is 16.5 Å². The quantitative estimate of drug-likeness (QED) is 0.766. The molecule has 0 aliphatic rings. The maximum absolute atomic E-state index is 6.05. The standard InChI is InChI=1S/C16H16N4O/c1-2-18-15-14(17)16(20-10-19-15)21-13-9-5-7-11-6-3-4-8-12(11)13/h3-10H,2,17H2,1H3,(H,18,19,20). The van der Waals surface area contributed by atoms with Gasteiger partial charge in [0.15, 0.2) is 5.82 Å². The fourth-order valence-corrected chi connectivity index (χ4v) is 2.16. The first-order chi connectivity index (χ1) is 10.3. The number of anilines is 2. The molecule has 0 aliphatic heterocycles. The van der Waals surface area contributed by atoms with Gasteiger partial charge in [-0.15, -0.1) is 0 Å². The molecule has 3 N–H and O–H groups in total. The lowest BCUT2D eigenvalue weighted by molar-refractivity contribution is 0.470. The van der Waals surface area contributed by atoms with E-state index in [2.05, 4.69) is 15.3 Å². The number of hydrogen-bond donors (Lipinski definition) is 2. The van der Waals surface area contributed by atoms with Crippen LogP contribution in [0.25, 0.3) is 10.8 Å². The number of fused-ring (bicyclic) bond motifs is 1. The lowest BCUT2D eigenvalue weighted by Crippen LogP contribution is -2.05. The van der Waals surface area contributed by atoms with Crippen LogP contribution in [0.15, 0.2) is 48.8 Å². The maximum Gasteiger partial charge on any atom is 0.248 e. The molecule has 0 amide bonds. The lowest BCUT2D eigenvalue weighted by Gasteiger charge is -2.12. The van der Waals surface area contributed by atoms with Crippen LogP contribution in [0.4, 0.5) is 11.5 Å². The van der Waals surface area contributed by atoms with Crippen LogP contribution in [0.5, 0.6) is 11.6 Å². The highest BCUT2D eigenvalue weighted by molar-refractivity contribution is 5.88. The van der Waals surface area contributed by atoms with Crippen molar-refractivity contribution >= 4 is 22.3 Å². The fourth-order valence-electron chi connectivity index (χ4n) is 2.16. The van der Waals surface area contributed by atoms with Gasteiger partial charge in [0.05, 0.1) is 0 Å². The zero-order valence-electron chi connectivity index (χ0n) is 11.7. The Hall–Kier alpha value is -2.82. The van der Waals surface area contributed by atoms with Crippen molar-refractivity contribution in [2.24, 2.45) is 0 Å². The maximum atomic E-state index is 6.05. The van der Waals surface area contributed by atoms with Crippen LogP contribution in [-0.2, 0) is 0 Å². The van der Waals surface area contributed by atoms with E-state index in [9.17, 15) is 0 Å². The number of nitrogens with two attached hydrogens (primary N) is 1. The van der Waals surface area contributed by atoms with E-state index in [-0.39, 0.29) is 0 Å². The van der Waals surface area contributed by atoms with Crippen molar-refractivity contribution in [1.29, 1.82) is 0 Å². The molecule has 2 aromatic carbocycles. The number of nitrogens with zero attached hydrogens (tertiary/aromatic N) is 2. The van der Waals surface area contributed by atoms with Gasteiger partial charge in [-0.05, 0) is 18.4 Å². The number of aromatic nitrogens is 2. The Kier molecular flexibility index (Phi) is 3.55. The number of ether oxygens (including phenoxy) is 1. The first-order valence-corrected chi connectivity index (χ1v) is 6.79. The van der Waals surface area contributed by atoms with Gasteiger partial charge in [-0.25, -0.2) is 4.98 Å². The van der Waals surface area contributed by atoms with E-state index >= 15 is 0 Å². The topological polar surface area (TPSA) is 73.1 Å². The minimum absolute atomic E-state index is 0.359. The monoisotopic (exact) mass is 280 g/mol. The summed E-state index contributed by atoms with van der Waals surface area (Å²) >= 11 is 0. The molecule has 21 heavy (non-hydrogen) atoms. The number of nitrogens with one attached hydrogen (secondary N) is 1. The molecule has 0 bridgehead atoms. The van der Waals surface area contributed by atoms with E-state index in [0.717, 1.165) is 23.1 Å². The molecular formula is C16H16N4O. The number of rotatable bonds is 4. The molecule has 0 spiro atoms. The van der Waals surface area contributed by atoms with Crippen molar-refractivity contribution in [3.8, 4) is 11.6 Å². The fraction of sp³-hybridized carbons (Fsp3) is 0.125. The molecule has 0 unspecified atom stereocenters. The van der Waals surface area contributed by atoms with Gasteiger partial charge in [0, 0.05) is 11.9 Å². The summed E-state index contributed by atoms with van der Waals surface area (Å²) in [5.41, 5.74) is 6.46. The van der Waals surface area contributed by atoms with Crippen molar-refractivity contribution in [3.63, 3.8) is 0 Å². The van der Waals surface area contributed by atoms with E-state index < -0.39 is 0 Å². The molecule has 1 aromatic heterocycles. The Labute approximate surface area is 122 Å². The van der Waals surface area contributed by atoms with Crippen molar-refractivity contribution in [2.75, 3.05) is 17.6 Å². The van der Waals surface area contributed by atoms with E-state index in [1.165, 1.54) is 6.33 Å². The van der Waals surface area contributed by atoms with E-state index in [1.807, 2.05) is 49.4 Å². The molecule has 5 nitrogen and oxygen atoms in total. The van der Waals surface area contributed by atoms with Gasteiger partial charge in [0.2, 0.25) is 5.88 Å². The van der Waals surface area contributed by atoms with Crippen molar-refractivity contribution in [2.45, 2.75) is 6.92 Å². The molecule has 0 aliphatic carbocycles. The minimum Gasteiger partial charge on any atom is -0.436 e. The normalized spacial score (nSPS) is 10.5. The van der Waals surface area contributed by atoms with Gasteiger partial charge in [-0.1, -0.05) is 36.4 Å². The second kappa shape index (κ2) is 5.66. The average molecular weight is 280 g/mol. The van der Waals surface area contributed by atoms with Gasteiger partial charge >= 0.3 is 0 Å². The second-order valence-electron chi connectivity index (χ2n) is 4.55. The zero-order chi connectivity index (χ0) is 14.7. The van der Waals surface area contributed by atoms with Crippen LogP contribution < -0.4 is 15.8 Å². The van der Waals surface area contributed by atoms with Crippen molar-refractivity contribution in [1.82, 2.24) is 9.97 Å². The van der Waals surface area contributed by atoms with Crippen LogP contribution in [0.3, 0.4) is 0 Å². The summed E-state index contributed by atoms with van der Waals surface area (Å²) in [6, 6.07) is 13.9. The number of nitrogen functional groups attached to an aromatic ring is 1. The molecule has 3 rings (SSSR count). The molecule has 3 aromatic rings. The highest BCUT2D eigenvalue weighted by Crippen LogP contribution is 2.33. The minimum atomic E-state index is 0.359. The Morgan fingerprint density at radius 1 is 1.10 bits per heavy atom. The molecule has 106 valence electrons. The molecule has 0 saturated carbocycles. The van der Waals surface area contributed by atoms with E-state index in [1.54, 1.807) is 0 Å². The molecule has 0 saturated heterocycles. The van der Waals surface area contributed by atoms with Crippen molar-refractivity contribution in [3.05, 3.63) is 48.8 Å². The Bertz CT molecular complexity index is 768. The zero-order valence-corrected chi connectivity index (χ0v) is 11.7. The summed E-state index contributed by atoms with van der Waals surface area (Å²) in [5.74, 6) is 1.67.